The van der Waals surface area contributed by atoms with Gasteiger partial charge in [-0.25, -0.2) is 0 Å². The number of benzene rings is 3. The molecule has 2 aliphatic heterocycles. The Bertz CT molecular complexity index is 1130. The number of carbonyl (C=O) groups is 1. The number of hydrogen-bond acceptors (Lipinski definition) is 2. The molecule has 2 bridgehead atoms. The van der Waals surface area contributed by atoms with Crippen molar-refractivity contribution >= 4 is 56.1 Å². The summed E-state index contributed by atoms with van der Waals surface area (Å²) in [5, 5.41) is 4.10. The Morgan fingerprint density at radius 2 is 1.22 bits per heavy atom. The summed E-state index contributed by atoms with van der Waals surface area (Å²) in [4.78, 5) is 13.6. The minimum absolute atomic E-state index is 0.00959. The molecule has 5 unspecified atom stereocenters. The van der Waals surface area contributed by atoms with Gasteiger partial charge in [0.15, 0.2) is 0 Å². The maximum absolute atomic E-state index is 13.6. The van der Waals surface area contributed by atoms with Gasteiger partial charge in [-0.1, -0.05) is 110 Å². The van der Waals surface area contributed by atoms with Crippen molar-refractivity contribution in [3.05, 3.63) is 102 Å². The van der Waals surface area contributed by atoms with Crippen molar-refractivity contribution in [3.63, 3.8) is 0 Å². The summed E-state index contributed by atoms with van der Waals surface area (Å²) in [7, 11) is 7.91. The van der Waals surface area contributed by atoms with Crippen molar-refractivity contribution in [2.75, 3.05) is 6.61 Å². The van der Waals surface area contributed by atoms with Crippen molar-refractivity contribution in [2.24, 2.45) is 5.92 Å². The van der Waals surface area contributed by atoms with E-state index in [9.17, 15) is 4.79 Å². The molecule has 8 heteroatoms. The van der Waals surface area contributed by atoms with E-state index in [0.717, 1.165) is 0 Å². The molecule has 0 aliphatic carbocycles. The molecule has 1 saturated heterocycles. The predicted octanol–water partition coefficient (Wildman–Crippen LogP) is 6.95. The van der Waals surface area contributed by atoms with Crippen LogP contribution in [-0.4, -0.2) is 29.6 Å². The fraction of sp³-hybridized carbons (Fsp3) is 0.276. The summed E-state index contributed by atoms with van der Waals surface area (Å²) < 4.78 is 5.76. The Morgan fingerprint density at radius 1 is 0.784 bits per heavy atom. The van der Waals surface area contributed by atoms with E-state index in [1.54, 1.807) is 40.0 Å². The van der Waals surface area contributed by atoms with Gasteiger partial charge < -0.3 is 4.74 Å². The summed E-state index contributed by atoms with van der Waals surface area (Å²) in [5.41, 5.74) is 3.81. The van der Waals surface area contributed by atoms with Crippen molar-refractivity contribution in [1.29, 1.82) is 0 Å². The van der Waals surface area contributed by atoms with Crippen molar-refractivity contribution < 1.29 is 49.5 Å². The van der Waals surface area contributed by atoms with Crippen molar-refractivity contribution in [3.8, 4) is 0 Å². The Kier molecular flexibility index (Phi) is 13.2. The first kappa shape index (κ1) is 31.3. The van der Waals surface area contributed by atoms with Gasteiger partial charge in [0, 0.05) is 17.0 Å². The van der Waals surface area contributed by atoms with Gasteiger partial charge in [0.1, 0.15) is 0 Å². The zero-order valence-electron chi connectivity index (χ0n) is 20.7. The molecular formula is C29H30Au2Cl2O2P2. The first-order valence-electron chi connectivity index (χ1n) is 11.9. The number of ether oxygens (including phenoxy) is 1. The van der Waals surface area contributed by atoms with Gasteiger partial charge >= 0.3 is 64.3 Å². The first-order valence-corrected chi connectivity index (χ1v) is 20.2. The fourth-order valence-electron chi connectivity index (χ4n) is 5.70. The second-order valence-electron chi connectivity index (χ2n) is 8.81. The van der Waals surface area contributed by atoms with E-state index in [2.05, 4.69) is 123 Å². The molecule has 2 heterocycles. The summed E-state index contributed by atoms with van der Waals surface area (Å²) in [6.07, 6.45) is 0. The van der Waals surface area contributed by atoms with Gasteiger partial charge in [0.05, 0.1) is 12.5 Å². The molecule has 3 aromatic carbocycles. The van der Waals surface area contributed by atoms with Crippen LogP contribution in [0.1, 0.15) is 20.8 Å². The van der Waals surface area contributed by atoms with Crippen molar-refractivity contribution in [1.82, 2.24) is 0 Å². The zero-order valence-corrected chi connectivity index (χ0v) is 28.4. The second-order valence-corrected chi connectivity index (χ2v) is 13.6. The normalized spacial score (nSPS) is 23.7. The zero-order chi connectivity index (χ0) is 26.9. The van der Waals surface area contributed by atoms with E-state index in [4.69, 9.17) is 4.74 Å². The summed E-state index contributed by atoms with van der Waals surface area (Å²) in [6.45, 7) is 6.93. The van der Waals surface area contributed by atoms with Crippen LogP contribution in [0.3, 0.4) is 0 Å². The van der Waals surface area contributed by atoms with Crippen LogP contribution in [0, 0.1) is 5.92 Å². The molecule has 2 aliphatic rings. The van der Waals surface area contributed by atoms with E-state index in [0.29, 0.717) is 12.3 Å². The molecule has 2 nitrogen and oxygen atoms in total. The number of hydrogen-bond donors (Lipinski definition) is 0. The van der Waals surface area contributed by atoms with Crippen LogP contribution in [0.4, 0.5) is 0 Å². The SMILES string of the molecule is CCOC(=O)C1C(P(c2ccccc2)c2ccccc2)C2C(C)=C(C)C1P2c1ccccc1.[Cl][Au].[Cl][Au]. The van der Waals surface area contributed by atoms with Crippen molar-refractivity contribution in [2.45, 2.75) is 37.7 Å². The van der Waals surface area contributed by atoms with Crippen LogP contribution in [-0.2, 0) is 49.5 Å². The molecule has 0 saturated carbocycles. The molecule has 0 spiro atoms. The van der Waals surface area contributed by atoms with Gasteiger partial charge in [-0.15, -0.1) is 0 Å². The summed E-state index contributed by atoms with van der Waals surface area (Å²) >= 11 is 3.50. The molecule has 5 rings (SSSR count). The molecule has 37 heavy (non-hydrogen) atoms. The monoisotopic (exact) mass is 936 g/mol. The van der Waals surface area contributed by atoms with E-state index < -0.39 is 15.8 Å². The Hall–Kier alpha value is -0.209. The molecule has 0 aromatic heterocycles. The van der Waals surface area contributed by atoms with Crippen LogP contribution < -0.4 is 15.9 Å². The predicted molar refractivity (Wildman–Crippen MR) is 154 cm³/mol. The average Bonchev–Trinajstić information content (AvgIpc) is 3.43. The van der Waals surface area contributed by atoms with E-state index >= 15 is 0 Å². The topological polar surface area (TPSA) is 26.3 Å². The standard InChI is InChI=1S/C29H30O2P2.2Au.2ClH/c1-4-31-29(30)25-26-20(2)21(3)27(33(26)24-18-12-7-13-19-24)28(25)32(22-14-8-5-9-15-22)23-16-10-6-11-17-23;;;;/h5-19,25-28H,4H2,1-3H3;;;2*1H/q;2*+1;;/p-2. The first-order chi connectivity index (χ1) is 18.1. The molecular weight excluding hydrogens is 907 g/mol. The van der Waals surface area contributed by atoms with Gasteiger partial charge in [0.2, 0.25) is 0 Å². The Labute approximate surface area is 255 Å². The van der Waals surface area contributed by atoms with Gasteiger partial charge in [-0.3, -0.25) is 4.79 Å². The number of rotatable bonds is 6. The number of fused-ring (bicyclic) bond motifs is 2. The maximum atomic E-state index is 13.6. The second kappa shape index (κ2) is 15.5. The van der Waals surface area contributed by atoms with Crippen LogP contribution in [0.25, 0.3) is 0 Å². The molecule has 0 radical (unpaired) electrons. The number of allylic oxidation sites excluding steroid dienone is 2. The van der Waals surface area contributed by atoms with Crippen LogP contribution in [0.15, 0.2) is 102 Å². The average molecular weight is 937 g/mol. The van der Waals surface area contributed by atoms with Crippen LogP contribution in [0.2, 0.25) is 0 Å². The quantitative estimate of drug-likeness (QED) is 0.116. The molecule has 0 amide bonds. The Morgan fingerprint density at radius 3 is 1.68 bits per heavy atom. The van der Waals surface area contributed by atoms with Gasteiger partial charge in [0.25, 0.3) is 0 Å². The van der Waals surface area contributed by atoms with E-state index in [1.807, 2.05) is 6.92 Å². The van der Waals surface area contributed by atoms with Gasteiger partial charge in [-0.05, 0) is 44.6 Å². The van der Waals surface area contributed by atoms with E-state index in [-0.39, 0.29) is 23.2 Å². The molecule has 5 atom stereocenters. The molecule has 3 aromatic rings. The third-order valence-corrected chi connectivity index (χ3v) is 13.8. The third-order valence-electron chi connectivity index (χ3n) is 7.12. The number of esters is 1. The molecule has 0 N–H and O–H groups in total. The molecule has 1 fully saturated rings. The minimum atomic E-state index is -0.731. The summed E-state index contributed by atoms with van der Waals surface area (Å²) in [6, 6.07) is 32.6. The number of halogens is 2. The van der Waals surface area contributed by atoms with E-state index in [1.165, 1.54) is 27.1 Å². The summed E-state index contributed by atoms with van der Waals surface area (Å²) in [5.74, 6) is -0.110. The molecule has 204 valence electrons. The van der Waals surface area contributed by atoms with Crippen LogP contribution in [0.5, 0.6) is 0 Å². The van der Waals surface area contributed by atoms with Gasteiger partial charge in [-0.2, -0.15) is 0 Å². The number of carbonyl (C=O) groups excluding carboxylic acids is 1. The Balaban J connectivity index is 0.000000907. The fourth-order valence-corrected chi connectivity index (χ4v) is 13.7. The third kappa shape index (κ3) is 6.58. The van der Waals surface area contributed by atoms with Crippen LogP contribution >= 0.6 is 34.2 Å².